The van der Waals surface area contributed by atoms with Gasteiger partial charge in [0.15, 0.2) is 0 Å². The SMILES string of the molecule is O=C(/C=C/c1ccco1)NCCC(=O)Nc1ccc2c3c(cccc13)CC2. The number of hydrogen-bond acceptors (Lipinski definition) is 3. The highest BCUT2D eigenvalue weighted by molar-refractivity contribution is 6.05. The zero-order valence-electron chi connectivity index (χ0n) is 14.8. The summed E-state index contributed by atoms with van der Waals surface area (Å²) in [6, 6.07) is 13.8. The Labute approximate surface area is 157 Å². The Morgan fingerprint density at radius 2 is 1.89 bits per heavy atom. The molecular formula is C22H20N2O3. The third-order valence-corrected chi connectivity index (χ3v) is 4.74. The summed E-state index contributed by atoms with van der Waals surface area (Å²) < 4.78 is 5.12. The minimum Gasteiger partial charge on any atom is -0.465 e. The van der Waals surface area contributed by atoms with Crippen molar-refractivity contribution in [3.63, 3.8) is 0 Å². The van der Waals surface area contributed by atoms with E-state index >= 15 is 0 Å². The second kappa shape index (κ2) is 7.50. The second-order valence-corrected chi connectivity index (χ2v) is 6.55. The van der Waals surface area contributed by atoms with Crippen LogP contribution < -0.4 is 10.6 Å². The molecule has 0 fully saturated rings. The standard InChI is InChI=1S/C22H20N2O3/c25-20(11-9-17-4-2-14-27-17)23-13-12-21(26)24-19-10-8-16-7-6-15-3-1-5-18(19)22(15)16/h1-5,8-11,14H,6-7,12-13H2,(H,23,25)(H,24,26)/b11-9+. The lowest BCUT2D eigenvalue weighted by Gasteiger charge is -2.10. The number of carbonyl (C=O) groups is 2. The molecule has 0 saturated carbocycles. The summed E-state index contributed by atoms with van der Waals surface area (Å²) in [7, 11) is 0. The molecule has 2 aromatic carbocycles. The second-order valence-electron chi connectivity index (χ2n) is 6.55. The molecule has 2 amide bonds. The summed E-state index contributed by atoms with van der Waals surface area (Å²) in [5.74, 6) is 0.225. The lowest BCUT2D eigenvalue weighted by Crippen LogP contribution is -2.26. The van der Waals surface area contributed by atoms with Gasteiger partial charge in [-0.1, -0.05) is 24.3 Å². The van der Waals surface area contributed by atoms with Crippen molar-refractivity contribution < 1.29 is 14.0 Å². The van der Waals surface area contributed by atoms with Gasteiger partial charge in [0.05, 0.1) is 6.26 Å². The highest BCUT2D eigenvalue weighted by Crippen LogP contribution is 2.34. The molecule has 0 radical (unpaired) electrons. The van der Waals surface area contributed by atoms with Gasteiger partial charge in [0.2, 0.25) is 11.8 Å². The van der Waals surface area contributed by atoms with Gasteiger partial charge in [-0.3, -0.25) is 9.59 Å². The van der Waals surface area contributed by atoms with E-state index in [1.165, 1.54) is 22.6 Å². The Balaban J connectivity index is 1.33. The van der Waals surface area contributed by atoms with Crippen LogP contribution in [0.4, 0.5) is 5.69 Å². The molecule has 4 rings (SSSR count). The van der Waals surface area contributed by atoms with E-state index in [-0.39, 0.29) is 24.8 Å². The molecule has 136 valence electrons. The van der Waals surface area contributed by atoms with Crippen molar-refractivity contribution in [1.82, 2.24) is 5.32 Å². The van der Waals surface area contributed by atoms with E-state index in [0.29, 0.717) is 5.76 Å². The fraction of sp³-hybridized carbons (Fsp3) is 0.182. The number of benzene rings is 2. The van der Waals surface area contributed by atoms with Crippen LogP contribution in [-0.2, 0) is 22.4 Å². The molecule has 5 nitrogen and oxygen atoms in total. The van der Waals surface area contributed by atoms with Crippen molar-refractivity contribution in [3.8, 4) is 0 Å². The van der Waals surface area contributed by atoms with E-state index < -0.39 is 0 Å². The molecule has 0 saturated heterocycles. The van der Waals surface area contributed by atoms with Crippen molar-refractivity contribution >= 4 is 34.4 Å². The maximum Gasteiger partial charge on any atom is 0.244 e. The minimum absolute atomic E-state index is 0.121. The third kappa shape index (κ3) is 3.77. The van der Waals surface area contributed by atoms with Crippen LogP contribution in [0.25, 0.3) is 16.8 Å². The molecule has 1 heterocycles. The van der Waals surface area contributed by atoms with Crippen molar-refractivity contribution in [2.75, 3.05) is 11.9 Å². The number of anilines is 1. The van der Waals surface area contributed by atoms with Crippen LogP contribution in [0.3, 0.4) is 0 Å². The van der Waals surface area contributed by atoms with Gasteiger partial charge in [-0.25, -0.2) is 0 Å². The highest BCUT2D eigenvalue weighted by Gasteiger charge is 2.16. The van der Waals surface area contributed by atoms with E-state index in [9.17, 15) is 9.59 Å². The first-order chi connectivity index (χ1) is 13.2. The van der Waals surface area contributed by atoms with Crippen LogP contribution in [0.5, 0.6) is 0 Å². The Kier molecular flexibility index (Phi) is 4.75. The van der Waals surface area contributed by atoms with Gasteiger partial charge in [-0.2, -0.15) is 0 Å². The van der Waals surface area contributed by atoms with Crippen molar-refractivity contribution in [2.45, 2.75) is 19.3 Å². The van der Waals surface area contributed by atoms with E-state index in [1.807, 2.05) is 18.2 Å². The Hall–Kier alpha value is -3.34. The smallest absolute Gasteiger partial charge is 0.244 e. The molecule has 3 aromatic rings. The van der Waals surface area contributed by atoms with Crippen LogP contribution in [0.1, 0.15) is 23.3 Å². The quantitative estimate of drug-likeness (QED) is 0.659. The van der Waals surface area contributed by atoms with Gasteiger partial charge in [-0.15, -0.1) is 0 Å². The molecule has 1 aliphatic carbocycles. The summed E-state index contributed by atoms with van der Waals surface area (Å²) in [4.78, 5) is 24.0. The molecule has 0 unspecified atom stereocenters. The molecule has 27 heavy (non-hydrogen) atoms. The predicted octanol–water partition coefficient (Wildman–Crippen LogP) is 3.69. The fourth-order valence-electron chi connectivity index (χ4n) is 3.47. The van der Waals surface area contributed by atoms with Crippen molar-refractivity contribution in [2.24, 2.45) is 0 Å². The summed E-state index contributed by atoms with van der Waals surface area (Å²) in [5, 5.41) is 8.03. The molecule has 0 bridgehead atoms. The normalized spacial score (nSPS) is 12.6. The van der Waals surface area contributed by atoms with Gasteiger partial charge in [0.25, 0.3) is 0 Å². The Morgan fingerprint density at radius 1 is 1.04 bits per heavy atom. The Bertz CT molecular complexity index is 1010. The predicted molar refractivity (Wildman–Crippen MR) is 105 cm³/mol. The first-order valence-electron chi connectivity index (χ1n) is 9.03. The van der Waals surface area contributed by atoms with Crippen molar-refractivity contribution in [1.29, 1.82) is 0 Å². The van der Waals surface area contributed by atoms with Crippen LogP contribution in [0, 0.1) is 0 Å². The van der Waals surface area contributed by atoms with Crippen LogP contribution in [0.2, 0.25) is 0 Å². The number of carbonyl (C=O) groups excluding carboxylic acids is 2. The zero-order chi connectivity index (χ0) is 18.6. The lowest BCUT2D eigenvalue weighted by atomic mass is 10.0. The maximum absolute atomic E-state index is 12.3. The number of hydrogen-bond donors (Lipinski definition) is 2. The molecule has 5 heteroatoms. The monoisotopic (exact) mass is 360 g/mol. The molecule has 0 spiro atoms. The van der Waals surface area contributed by atoms with E-state index in [1.54, 1.807) is 24.5 Å². The Morgan fingerprint density at radius 3 is 2.70 bits per heavy atom. The molecule has 2 N–H and O–H groups in total. The molecule has 1 aliphatic rings. The topological polar surface area (TPSA) is 71.3 Å². The van der Waals surface area contributed by atoms with Gasteiger partial charge in [0.1, 0.15) is 5.76 Å². The van der Waals surface area contributed by atoms with Gasteiger partial charge in [0, 0.05) is 30.1 Å². The van der Waals surface area contributed by atoms with Crippen LogP contribution >= 0.6 is 0 Å². The molecule has 0 aliphatic heterocycles. The molecular weight excluding hydrogens is 340 g/mol. The van der Waals surface area contributed by atoms with Gasteiger partial charge in [-0.05, 0) is 53.6 Å². The van der Waals surface area contributed by atoms with E-state index in [0.717, 1.165) is 23.9 Å². The van der Waals surface area contributed by atoms with Crippen LogP contribution in [-0.4, -0.2) is 18.4 Å². The number of amides is 2. The molecule has 0 atom stereocenters. The molecule has 1 aromatic heterocycles. The lowest BCUT2D eigenvalue weighted by molar-refractivity contribution is -0.117. The van der Waals surface area contributed by atoms with E-state index in [2.05, 4.69) is 22.8 Å². The van der Waals surface area contributed by atoms with Gasteiger partial charge >= 0.3 is 0 Å². The number of nitrogens with one attached hydrogen (secondary N) is 2. The number of rotatable bonds is 6. The van der Waals surface area contributed by atoms with Gasteiger partial charge < -0.3 is 15.1 Å². The number of aryl methyl sites for hydroxylation is 2. The maximum atomic E-state index is 12.3. The first-order valence-corrected chi connectivity index (χ1v) is 9.03. The summed E-state index contributed by atoms with van der Waals surface area (Å²) in [6.07, 6.45) is 6.84. The first kappa shape index (κ1) is 17.1. The average molecular weight is 360 g/mol. The zero-order valence-corrected chi connectivity index (χ0v) is 14.8. The van der Waals surface area contributed by atoms with Crippen LogP contribution in [0.15, 0.2) is 59.2 Å². The highest BCUT2D eigenvalue weighted by atomic mass is 16.3. The third-order valence-electron chi connectivity index (χ3n) is 4.74. The summed E-state index contributed by atoms with van der Waals surface area (Å²) in [6.45, 7) is 0.272. The van der Waals surface area contributed by atoms with Crippen molar-refractivity contribution in [3.05, 3.63) is 71.7 Å². The largest absolute Gasteiger partial charge is 0.465 e. The summed E-state index contributed by atoms with van der Waals surface area (Å²) >= 11 is 0. The average Bonchev–Trinajstić information content (AvgIpc) is 3.33. The minimum atomic E-state index is -0.260. The summed E-state index contributed by atoms with van der Waals surface area (Å²) in [5.41, 5.74) is 3.51. The van der Waals surface area contributed by atoms with E-state index in [4.69, 9.17) is 4.42 Å². The number of furan rings is 1. The fourth-order valence-corrected chi connectivity index (χ4v) is 3.47.